The van der Waals surface area contributed by atoms with E-state index in [1.807, 2.05) is 55.5 Å². The normalized spacial score (nSPS) is 10.5. The maximum atomic E-state index is 5.70. The molecule has 0 saturated heterocycles. The molecule has 3 aromatic rings. The predicted molar refractivity (Wildman–Crippen MR) is 100 cm³/mol. The Hall–Kier alpha value is -2.67. The Morgan fingerprint density at radius 3 is 2.42 bits per heavy atom. The number of hydrogen-bond acceptors (Lipinski definition) is 7. The van der Waals surface area contributed by atoms with Gasteiger partial charge in [-0.05, 0) is 43.3 Å². The molecular formula is C19H20N2O4S. The van der Waals surface area contributed by atoms with E-state index in [1.54, 1.807) is 7.11 Å². The molecule has 0 fully saturated rings. The molecule has 0 bridgehead atoms. The van der Waals surface area contributed by atoms with E-state index in [-0.39, 0.29) is 0 Å². The zero-order valence-corrected chi connectivity index (χ0v) is 15.5. The van der Waals surface area contributed by atoms with Crippen molar-refractivity contribution in [3.63, 3.8) is 0 Å². The first-order chi connectivity index (χ1) is 12.8. The Balaban J connectivity index is 1.49. The molecule has 1 heterocycles. The molecule has 0 N–H and O–H groups in total. The van der Waals surface area contributed by atoms with Gasteiger partial charge in [0.2, 0.25) is 0 Å². The number of thioether (sulfide) groups is 1. The number of methoxy groups -OCH3 is 1. The highest BCUT2D eigenvalue weighted by molar-refractivity contribution is 7.99. The molecule has 0 aliphatic heterocycles. The number of nitrogens with zero attached hydrogens (tertiary/aromatic N) is 2. The molecule has 3 rings (SSSR count). The molecule has 136 valence electrons. The van der Waals surface area contributed by atoms with Gasteiger partial charge in [0.25, 0.3) is 11.1 Å². The van der Waals surface area contributed by atoms with Gasteiger partial charge in [-0.3, -0.25) is 0 Å². The molecule has 7 heteroatoms. The van der Waals surface area contributed by atoms with Gasteiger partial charge in [-0.2, -0.15) is 0 Å². The molecule has 0 spiro atoms. The first-order valence-corrected chi connectivity index (χ1v) is 9.24. The highest BCUT2D eigenvalue weighted by Crippen LogP contribution is 2.30. The van der Waals surface area contributed by atoms with Crippen LogP contribution in [0.25, 0.3) is 11.5 Å². The number of rotatable bonds is 9. The van der Waals surface area contributed by atoms with E-state index >= 15 is 0 Å². The van der Waals surface area contributed by atoms with Gasteiger partial charge in [-0.15, -0.1) is 10.2 Å². The average molecular weight is 372 g/mol. The standard InChI is InChI=1S/C19H20N2O4S/c1-3-23-14-8-10-15(11-9-14)24-12-13-26-19-21-20-18(25-19)16-6-4-5-7-17(16)22-2/h4-11H,3,12-13H2,1-2H3. The molecule has 0 aliphatic carbocycles. The lowest BCUT2D eigenvalue weighted by atomic mass is 10.2. The van der Waals surface area contributed by atoms with E-state index in [0.717, 1.165) is 17.1 Å². The molecule has 0 aliphatic rings. The fraction of sp³-hybridized carbons (Fsp3) is 0.263. The minimum atomic E-state index is 0.442. The number of para-hydroxylation sites is 1. The minimum absolute atomic E-state index is 0.442. The molecule has 2 aromatic carbocycles. The van der Waals surface area contributed by atoms with Crippen molar-refractivity contribution in [2.24, 2.45) is 0 Å². The van der Waals surface area contributed by atoms with Gasteiger partial charge in [0.05, 0.1) is 25.9 Å². The lowest BCUT2D eigenvalue weighted by molar-refractivity contribution is 0.332. The number of ether oxygens (including phenoxy) is 3. The van der Waals surface area contributed by atoms with Crippen LogP contribution in [0.15, 0.2) is 58.2 Å². The summed E-state index contributed by atoms with van der Waals surface area (Å²) in [5, 5.41) is 8.65. The van der Waals surface area contributed by atoms with Crippen molar-refractivity contribution < 1.29 is 18.6 Å². The smallest absolute Gasteiger partial charge is 0.276 e. The van der Waals surface area contributed by atoms with Crippen LogP contribution < -0.4 is 14.2 Å². The van der Waals surface area contributed by atoms with Crippen LogP contribution in [0.2, 0.25) is 0 Å². The third kappa shape index (κ3) is 4.70. The predicted octanol–water partition coefficient (Wildman–Crippen LogP) is 4.32. The molecule has 1 aromatic heterocycles. The van der Waals surface area contributed by atoms with Gasteiger partial charge in [0.1, 0.15) is 17.2 Å². The summed E-state index contributed by atoms with van der Waals surface area (Å²) in [6.07, 6.45) is 0. The SMILES string of the molecule is CCOc1ccc(OCCSc2nnc(-c3ccccc3OC)o2)cc1. The first-order valence-electron chi connectivity index (χ1n) is 8.25. The molecular weight excluding hydrogens is 352 g/mol. The van der Waals surface area contributed by atoms with Gasteiger partial charge in [-0.1, -0.05) is 23.9 Å². The molecule has 0 unspecified atom stereocenters. The van der Waals surface area contributed by atoms with Crippen molar-refractivity contribution in [2.75, 3.05) is 26.1 Å². The summed E-state index contributed by atoms with van der Waals surface area (Å²) in [6.45, 7) is 3.14. The van der Waals surface area contributed by atoms with Crippen LogP contribution in [0, 0.1) is 0 Å². The van der Waals surface area contributed by atoms with Crippen LogP contribution in [-0.2, 0) is 0 Å². The Bertz CT molecular complexity index is 820. The van der Waals surface area contributed by atoms with E-state index in [0.29, 0.717) is 35.8 Å². The zero-order chi connectivity index (χ0) is 18.2. The number of aromatic nitrogens is 2. The van der Waals surface area contributed by atoms with E-state index in [4.69, 9.17) is 18.6 Å². The minimum Gasteiger partial charge on any atom is -0.496 e. The Labute approximate surface area is 156 Å². The van der Waals surface area contributed by atoms with Crippen molar-refractivity contribution in [2.45, 2.75) is 12.1 Å². The lowest BCUT2D eigenvalue weighted by Gasteiger charge is -2.06. The van der Waals surface area contributed by atoms with Gasteiger partial charge in [-0.25, -0.2) is 0 Å². The van der Waals surface area contributed by atoms with E-state index in [9.17, 15) is 0 Å². The second-order valence-electron chi connectivity index (χ2n) is 5.17. The third-order valence-electron chi connectivity index (χ3n) is 3.46. The molecule has 0 atom stereocenters. The van der Waals surface area contributed by atoms with Crippen molar-refractivity contribution in [1.29, 1.82) is 0 Å². The van der Waals surface area contributed by atoms with Crippen molar-refractivity contribution >= 4 is 11.8 Å². The van der Waals surface area contributed by atoms with E-state index in [2.05, 4.69) is 10.2 Å². The third-order valence-corrected chi connectivity index (χ3v) is 4.24. The van der Waals surface area contributed by atoms with Crippen LogP contribution in [0.3, 0.4) is 0 Å². The molecule has 6 nitrogen and oxygen atoms in total. The largest absolute Gasteiger partial charge is 0.496 e. The van der Waals surface area contributed by atoms with Crippen molar-refractivity contribution in [3.8, 4) is 28.7 Å². The molecule has 0 amide bonds. The fourth-order valence-electron chi connectivity index (χ4n) is 2.29. The summed E-state index contributed by atoms with van der Waals surface area (Å²) < 4.78 is 22.1. The zero-order valence-electron chi connectivity index (χ0n) is 14.7. The van der Waals surface area contributed by atoms with Crippen LogP contribution in [0.4, 0.5) is 0 Å². The van der Waals surface area contributed by atoms with Crippen LogP contribution in [-0.4, -0.2) is 36.3 Å². The summed E-state index contributed by atoms with van der Waals surface area (Å²) in [5.41, 5.74) is 0.778. The summed E-state index contributed by atoms with van der Waals surface area (Å²) >= 11 is 1.45. The number of hydrogen-bond donors (Lipinski definition) is 0. The van der Waals surface area contributed by atoms with Gasteiger partial charge in [0.15, 0.2) is 0 Å². The Morgan fingerprint density at radius 1 is 0.962 bits per heavy atom. The number of benzene rings is 2. The van der Waals surface area contributed by atoms with Crippen molar-refractivity contribution in [1.82, 2.24) is 10.2 Å². The lowest BCUT2D eigenvalue weighted by Crippen LogP contribution is -2.00. The van der Waals surface area contributed by atoms with Gasteiger partial charge in [0, 0.05) is 5.75 Å². The fourth-order valence-corrected chi connectivity index (χ4v) is 2.86. The molecule has 0 saturated carbocycles. The van der Waals surface area contributed by atoms with Gasteiger partial charge < -0.3 is 18.6 Å². The van der Waals surface area contributed by atoms with E-state index in [1.165, 1.54) is 11.8 Å². The highest BCUT2D eigenvalue weighted by Gasteiger charge is 2.13. The summed E-state index contributed by atoms with van der Waals surface area (Å²) in [4.78, 5) is 0. The summed E-state index contributed by atoms with van der Waals surface area (Å²) in [5.74, 6) is 3.47. The summed E-state index contributed by atoms with van der Waals surface area (Å²) in [7, 11) is 1.61. The van der Waals surface area contributed by atoms with E-state index < -0.39 is 0 Å². The second-order valence-corrected chi connectivity index (χ2v) is 6.22. The highest BCUT2D eigenvalue weighted by atomic mass is 32.2. The summed E-state index contributed by atoms with van der Waals surface area (Å²) in [6, 6.07) is 15.1. The van der Waals surface area contributed by atoms with Crippen LogP contribution >= 0.6 is 11.8 Å². The van der Waals surface area contributed by atoms with Gasteiger partial charge >= 0.3 is 0 Å². The maximum absolute atomic E-state index is 5.70. The Kier molecular flexibility index (Phi) is 6.38. The first kappa shape index (κ1) is 18.1. The van der Waals surface area contributed by atoms with Crippen molar-refractivity contribution in [3.05, 3.63) is 48.5 Å². The second kappa shape index (κ2) is 9.15. The quantitative estimate of drug-likeness (QED) is 0.409. The maximum Gasteiger partial charge on any atom is 0.276 e. The monoisotopic (exact) mass is 372 g/mol. The Morgan fingerprint density at radius 2 is 1.69 bits per heavy atom. The molecule has 0 radical (unpaired) electrons. The topological polar surface area (TPSA) is 66.6 Å². The average Bonchev–Trinajstić information content (AvgIpc) is 3.15. The molecule has 26 heavy (non-hydrogen) atoms. The van der Waals surface area contributed by atoms with Crippen LogP contribution in [0.5, 0.6) is 17.2 Å². The van der Waals surface area contributed by atoms with Crippen LogP contribution in [0.1, 0.15) is 6.92 Å².